The highest BCUT2D eigenvalue weighted by Crippen LogP contribution is 2.34. The van der Waals surface area contributed by atoms with Crippen molar-refractivity contribution >= 4 is 23.3 Å². The van der Waals surface area contributed by atoms with Gasteiger partial charge in [-0.1, -0.05) is 18.2 Å². The van der Waals surface area contributed by atoms with Crippen LogP contribution in [0.2, 0.25) is 0 Å². The Kier molecular flexibility index (Phi) is 3.50. The summed E-state index contributed by atoms with van der Waals surface area (Å²) in [4.78, 5) is 35.2. The van der Waals surface area contributed by atoms with Gasteiger partial charge in [-0.3, -0.25) is 19.7 Å². The van der Waals surface area contributed by atoms with E-state index in [-0.39, 0.29) is 22.4 Å². The molecule has 1 aliphatic carbocycles. The number of methoxy groups -OCH3 is 1. The fourth-order valence-electron chi connectivity index (χ4n) is 2.50. The standard InChI is InChI=1S/C17H11NO5/c1-23-11-7-5-10(6-8-11)9-13-16(19)12-3-2-4-14(18(21)22)15(12)17(13)20/h2-9H,1H3/b13-9+. The fraction of sp³-hybridized carbons (Fsp3) is 0.0588. The van der Waals surface area contributed by atoms with E-state index >= 15 is 0 Å². The topological polar surface area (TPSA) is 86.5 Å². The average molecular weight is 309 g/mol. The van der Waals surface area contributed by atoms with Crippen LogP contribution in [0.4, 0.5) is 5.69 Å². The number of ketones is 2. The number of nitro groups is 1. The van der Waals surface area contributed by atoms with Gasteiger partial charge in [-0.15, -0.1) is 0 Å². The molecular formula is C17H11NO5. The summed E-state index contributed by atoms with van der Waals surface area (Å²) in [6, 6.07) is 10.8. The van der Waals surface area contributed by atoms with Crippen molar-refractivity contribution in [1.82, 2.24) is 0 Å². The zero-order valence-electron chi connectivity index (χ0n) is 12.1. The van der Waals surface area contributed by atoms with Gasteiger partial charge in [0.2, 0.25) is 5.78 Å². The van der Waals surface area contributed by atoms with E-state index in [0.29, 0.717) is 11.3 Å². The second-order valence-corrected chi connectivity index (χ2v) is 4.95. The van der Waals surface area contributed by atoms with Crippen LogP contribution in [0.5, 0.6) is 5.75 Å². The lowest BCUT2D eigenvalue weighted by Crippen LogP contribution is -2.02. The third kappa shape index (κ3) is 2.40. The van der Waals surface area contributed by atoms with Crippen molar-refractivity contribution in [2.45, 2.75) is 0 Å². The molecule has 23 heavy (non-hydrogen) atoms. The lowest BCUT2D eigenvalue weighted by atomic mass is 10.1. The van der Waals surface area contributed by atoms with Crippen LogP contribution in [-0.2, 0) is 0 Å². The molecule has 0 amide bonds. The number of nitro benzene ring substituents is 1. The molecule has 0 bridgehead atoms. The molecule has 0 aromatic heterocycles. The van der Waals surface area contributed by atoms with Crippen LogP contribution in [0.1, 0.15) is 26.3 Å². The number of hydrogen-bond acceptors (Lipinski definition) is 5. The molecule has 6 nitrogen and oxygen atoms in total. The van der Waals surface area contributed by atoms with Crippen LogP contribution in [0, 0.1) is 10.1 Å². The molecule has 6 heteroatoms. The van der Waals surface area contributed by atoms with E-state index in [4.69, 9.17) is 4.74 Å². The van der Waals surface area contributed by atoms with Crippen LogP contribution in [0.3, 0.4) is 0 Å². The van der Waals surface area contributed by atoms with Crippen molar-refractivity contribution in [2.24, 2.45) is 0 Å². The molecule has 114 valence electrons. The van der Waals surface area contributed by atoms with Gasteiger partial charge in [-0.05, 0) is 29.8 Å². The molecule has 1 aliphatic rings. The first-order valence-corrected chi connectivity index (χ1v) is 6.75. The predicted octanol–water partition coefficient (Wildman–Crippen LogP) is 3.07. The number of rotatable bonds is 3. The molecule has 0 spiro atoms. The van der Waals surface area contributed by atoms with Gasteiger partial charge in [0.1, 0.15) is 11.3 Å². The molecule has 0 unspecified atom stereocenters. The zero-order chi connectivity index (χ0) is 16.6. The lowest BCUT2D eigenvalue weighted by molar-refractivity contribution is -0.385. The average Bonchev–Trinajstić information content (AvgIpc) is 2.80. The summed E-state index contributed by atoms with van der Waals surface area (Å²) >= 11 is 0. The quantitative estimate of drug-likeness (QED) is 0.376. The monoisotopic (exact) mass is 309 g/mol. The molecule has 0 atom stereocenters. The van der Waals surface area contributed by atoms with Crippen LogP contribution in [-0.4, -0.2) is 23.6 Å². The number of nitrogens with zero attached hydrogens (tertiary/aromatic N) is 1. The number of carbonyl (C=O) groups is 2. The molecule has 0 aliphatic heterocycles. The zero-order valence-corrected chi connectivity index (χ0v) is 12.1. The van der Waals surface area contributed by atoms with Crippen molar-refractivity contribution < 1.29 is 19.2 Å². The first kappa shape index (κ1) is 14.6. The highest BCUT2D eigenvalue weighted by Gasteiger charge is 2.38. The Morgan fingerprint density at radius 1 is 1.04 bits per heavy atom. The van der Waals surface area contributed by atoms with E-state index in [2.05, 4.69) is 0 Å². The van der Waals surface area contributed by atoms with E-state index < -0.39 is 16.5 Å². The van der Waals surface area contributed by atoms with Gasteiger partial charge in [0.15, 0.2) is 5.78 Å². The highest BCUT2D eigenvalue weighted by atomic mass is 16.6. The van der Waals surface area contributed by atoms with Gasteiger partial charge in [-0.25, -0.2) is 0 Å². The maximum Gasteiger partial charge on any atom is 0.281 e. The molecule has 0 N–H and O–H groups in total. The number of Topliss-reactive ketones (excluding diaryl/α,β-unsaturated/α-hetero) is 2. The molecule has 0 saturated heterocycles. The number of ether oxygens (including phenoxy) is 1. The SMILES string of the molecule is COc1ccc(/C=C2\C(=O)c3cccc([N+](=O)[O-])c3C2=O)cc1. The van der Waals surface area contributed by atoms with Crippen molar-refractivity contribution in [3.8, 4) is 5.75 Å². The Hall–Kier alpha value is -3.28. The van der Waals surface area contributed by atoms with Crippen molar-refractivity contribution in [3.05, 3.63) is 74.8 Å². The predicted molar refractivity (Wildman–Crippen MR) is 82.7 cm³/mol. The van der Waals surface area contributed by atoms with E-state index in [1.807, 2.05) is 0 Å². The van der Waals surface area contributed by atoms with Crippen LogP contribution in [0.15, 0.2) is 48.0 Å². The summed E-state index contributed by atoms with van der Waals surface area (Å²) in [7, 11) is 1.53. The molecule has 0 heterocycles. The Bertz CT molecular complexity index is 865. The summed E-state index contributed by atoms with van der Waals surface area (Å²) in [5.41, 5.74) is 0.155. The first-order valence-electron chi connectivity index (χ1n) is 6.75. The molecule has 2 aromatic carbocycles. The highest BCUT2D eigenvalue weighted by molar-refractivity contribution is 6.42. The third-order valence-corrected chi connectivity index (χ3v) is 3.63. The van der Waals surface area contributed by atoms with Crippen molar-refractivity contribution in [2.75, 3.05) is 7.11 Å². The Morgan fingerprint density at radius 2 is 1.74 bits per heavy atom. The minimum absolute atomic E-state index is 0.0699. The molecule has 0 radical (unpaired) electrons. The van der Waals surface area contributed by atoms with Gasteiger partial charge in [0, 0.05) is 11.6 Å². The van der Waals surface area contributed by atoms with Gasteiger partial charge >= 0.3 is 0 Å². The number of hydrogen-bond donors (Lipinski definition) is 0. The Morgan fingerprint density at radius 3 is 2.35 bits per heavy atom. The first-order chi connectivity index (χ1) is 11.0. The largest absolute Gasteiger partial charge is 0.497 e. The van der Waals surface area contributed by atoms with E-state index in [1.165, 1.54) is 31.4 Å². The maximum atomic E-state index is 12.4. The third-order valence-electron chi connectivity index (χ3n) is 3.63. The van der Waals surface area contributed by atoms with E-state index in [9.17, 15) is 19.7 Å². The Labute approximate surface area is 131 Å². The summed E-state index contributed by atoms with van der Waals surface area (Å²) < 4.78 is 5.04. The normalized spacial score (nSPS) is 14.9. The van der Waals surface area contributed by atoms with E-state index in [1.54, 1.807) is 24.3 Å². The fourth-order valence-corrected chi connectivity index (χ4v) is 2.50. The van der Waals surface area contributed by atoms with Crippen LogP contribution < -0.4 is 4.74 Å². The van der Waals surface area contributed by atoms with E-state index in [0.717, 1.165) is 0 Å². The number of allylic oxidation sites excluding steroid dienone is 1. The van der Waals surface area contributed by atoms with Gasteiger partial charge in [0.05, 0.1) is 17.6 Å². The summed E-state index contributed by atoms with van der Waals surface area (Å²) in [5.74, 6) is -0.465. The molecule has 0 saturated carbocycles. The smallest absolute Gasteiger partial charge is 0.281 e. The second-order valence-electron chi connectivity index (χ2n) is 4.95. The number of carbonyl (C=O) groups excluding carboxylic acids is 2. The van der Waals surface area contributed by atoms with Gasteiger partial charge < -0.3 is 4.74 Å². The minimum Gasteiger partial charge on any atom is -0.497 e. The summed E-state index contributed by atoms with van der Waals surface area (Å²) in [6.07, 6.45) is 1.44. The van der Waals surface area contributed by atoms with Gasteiger partial charge in [-0.2, -0.15) is 0 Å². The Balaban J connectivity index is 2.07. The molecule has 2 aromatic rings. The molecule has 3 rings (SSSR count). The summed E-state index contributed by atoms with van der Waals surface area (Å²) in [6.45, 7) is 0. The van der Waals surface area contributed by atoms with Gasteiger partial charge in [0.25, 0.3) is 5.69 Å². The van der Waals surface area contributed by atoms with Crippen molar-refractivity contribution in [3.63, 3.8) is 0 Å². The second kappa shape index (κ2) is 5.49. The number of benzene rings is 2. The summed E-state index contributed by atoms with van der Waals surface area (Å²) in [5, 5.41) is 11.1. The van der Waals surface area contributed by atoms with Crippen LogP contribution in [0.25, 0.3) is 6.08 Å². The minimum atomic E-state index is -0.652. The van der Waals surface area contributed by atoms with Crippen LogP contribution >= 0.6 is 0 Å². The number of fused-ring (bicyclic) bond motifs is 1. The maximum absolute atomic E-state index is 12.4. The molecular weight excluding hydrogens is 298 g/mol. The molecule has 0 fully saturated rings. The van der Waals surface area contributed by atoms with Crippen molar-refractivity contribution in [1.29, 1.82) is 0 Å². The lowest BCUT2D eigenvalue weighted by Gasteiger charge is -2.00.